The third-order valence-electron chi connectivity index (χ3n) is 3.33. The van der Waals surface area contributed by atoms with Gasteiger partial charge in [0, 0.05) is 12.1 Å². The number of aliphatic hydroxyl groups is 2. The Morgan fingerprint density at radius 1 is 1.13 bits per heavy atom. The van der Waals surface area contributed by atoms with Gasteiger partial charge < -0.3 is 15.5 Å². The molecule has 0 aromatic rings. The molecule has 0 aliphatic heterocycles. The van der Waals surface area contributed by atoms with Crippen LogP contribution in [0.1, 0.15) is 52.4 Å². The van der Waals surface area contributed by atoms with E-state index in [4.69, 9.17) is 5.11 Å². The molecule has 0 atom stereocenters. The van der Waals surface area contributed by atoms with E-state index >= 15 is 0 Å². The van der Waals surface area contributed by atoms with Crippen molar-refractivity contribution in [2.75, 3.05) is 13.2 Å². The molecule has 0 saturated heterocycles. The fourth-order valence-electron chi connectivity index (χ4n) is 2.02. The summed E-state index contributed by atoms with van der Waals surface area (Å²) in [5.74, 6) is 0. The van der Waals surface area contributed by atoms with Crippen LogP contribution < -0.4 is 5.32 Å². The molecule has 0 unspecified atom stereocenters. The third kappa shape index (κ3) is 4.49. The number of aliphatic hydroxyl groups excluding tert-OH is 1. The number of hydrogen-bond acceptors (Lipinski definition) is 3. The lowest BCUT2D eigenvalue weighted by molar-refractivity contribution is 0.0152. The van der Waals surface area contributed by atoms with Crippen molar-refractivity contribution in [3.8, 4) is 0 Å². The van der Waals surface area contributed by atoms with E-state index in [1.807, 2.05) is 13.8 Å². The van der Waals surface area contributed by atoms with Crippen LogP contribution in [0.5, 0.6) is 0 Å². The Bertz CT molecular complexity index is 184. The van der Waals surface area contributed by atoms with Crippen LogP contribution in [0.25, 0.3) is 0 Å². The highest BCUT2D eigenvalue weighted by atomic mass is 16.3. The standard InChI is InChI=1S/C12H25NO2/c1-11(2,10-14)13-9-12(15)7-5-3-4-6-8-12/h13-15H,3-10H2,1-2H3. The van der Waals surface area contributed by atoms with Gasteiger partial charge in [0.25, 0.3) is 0 Å². The SMILES string of the molecule is CC(C)(CO)NCC1(O)CCCCCC1. The summed E-state index contributed by atoms with van der Waals surface area (Å²) >= 11 is 0. The first-order valence-corrected chi connectivity index (χ1v) is 6.06. The second-order valence-electron chi connectivity index (χ2n) is 5.53. The molecule has 1 rings (SSSR count). The van der Waals surface area contributed by atoms with Gasteiger partial charge in [0.05, 0.1) is 12.2 Å². The summed E-state index contributed by atoms with van der Waals surface area (Å²) in [5.41, 5.74) is -0.842. The van der Waals surface area contributed by atoms with Crippen LogP contribution in [0.3, 0.4) is 0 Å². The van der Waals surface area contributed by atoms with Gasteiger partial charge in [-0.05, 0) is 26.7 Å². The van der Waals surface area contributed by atoms with Crippen molar-refractivity contribution >= 4 is 0 Å². The number of hydrogen-bond donors (Lipinski definition) is 3. The Kier molecular flexibility index (Phi) is 4.56. The molecule has 1 saturated carbocycles. The van der Waals surface area contributed by atoms with Gasteiger partial charge in [0.1, 0.15) is 0 Å². The lowest BCUT2D eigenvalue weighted by atomic mass is 9.93. The van der Waals surface area contributed by atoms with E-state index in [0.717, 1.165) is 25.7 Å². The van der Waals surface area contributed by atoms with Crippen LogP contribution in [-0.4, -0.2) is 34.5 Å². The van der Waals surface area contributed by atoms with Crippen LogP contribution in [0, 0.1) is 0 Å². The maximum absolute atomic E-state index is 10.4. The van der Waals surface area contributed by atoms with Crippen LogP contribution in [0.15, 0.2) is 0 Å². The topological polar surface area (TPSA) is 52.5 Å². The second-order valence-corrected chi connectivity index (χ2v) is 5.53. The van der Waals surface area contributed by atoms with Gasteiger partial charge in [-0.1, -0.05) is 25.7 Å². The highest BCUT2D eigenvalue weighted by molar-refractivity contribution is 4.87. The van der Waals surface area contributed by atoms with E-state index in [9.17, 15) is 5.11 Å². The zero-order valence-electron chi connectivity index (χ0n) is 10.1. The van der Waals surface area contributed by atoms with Crippen molar-refractivity contribution in [3.05, 3.63) is 0 Å². The molecule has 1 aliphatic rings. The first-order chi connectivity index (χ1) is 6.97. The minimum absolute atomic E-state index is 0.100. The largest absolute Gasteiger partial charge is 0.394 e. The number of β-amino-alcohol motifs (C(OH)–C–C–N with tert-alkyl or cyclic N) is 1. The Balaban J connectivity index is 2.40. The Morgan fingerprint density at radius 2 is 1.67 bits per heavy atom. The molecule has 0 heterocycles. The smallest absolute Gasteiger partial charge is 0.0771 e. The predicted octanol–water partition coefficient (Wildman–Crippen LogP) is 1.43. The first-order valence-electron chi connectivity index (χ1n) is 6.06. The molecule has 1 fully saturated rings. The van der Waals surface area contributed by atoms with Crippen molar-refractivity contribution < 1.29 is 10.2 Å². The minimum Gasteiger partial charge on any atom is -0.394 e. The fraction of sp³-hybridized carbons (Fsp3) is 1.00. The molecular weight excluding hydrogens is 190 g/mol. The molecule has 0 bridgehead atoms. The average Bonchev–Trinajstić information content (AvgIpc) is 2.42. The van der Waals surface area contributed by atoms with Crippen molar-refractivity contribution in [2.45, 2.75) is 63.5 Å². The molecule has 0 amide bonds. The van der Waals surface area contributed by atoms with Crippen LogP contribution in [0.2, 0.25) is 0 Å². The molecule has 90 valence electrons. The minimum atomic E-state index is -0.553. The molecule has 0 spiro atoms. The van der Waals surface area contributed by atoms with Crippen molar-refractivity contribution in [1.82, 2.24) is 5.32 Å². The summed E-state index contributed by atoms with van der Waals surface area (Å²) in [6.45, 7) is 4.60. The number of nitrogens with one attached hydrogen (secondary N) is 1. The van der Waals surface area contributed by atoms with Gasteiger partial charge in [0.2, 0.25) is 0 Å². The van der Waals surface area contributed by atoms with E-state index in [-0.39, 0.29) is 12.1 Å². The maximum atomic E-state index is 10.4. The quantitative estimate of drug-likeness (QED) is 0.622. The van der Waals surface area contributed by atoms with Crippen molar-refractivity contribution in [2.24, 2.45) is 0 Å². The van der Waals surface area contributed by atoms with E-state index in [0.29, 0.717) is 6.54 Å². The molecule has 1 aliphatic carbocycles. The molecule has 0 radical (unpaired) electrons. The monoisotopic (exact) mass is 215 g/mol. The van der Waals surface area contributed by atoms with Crippen LogP contribution >= 0.6 is 0 Å². The fourth-order valence-corrected chi connectivity index (χ4v) is 2.02. The van der Waals surface area contributed by atoms with E-state index in [1.165, 1.54) is 12.8 Å². The summed E-state index contributed by atoms with van der Waals surface area (Å²) in [6.07, 6.45) is 6.51. The molecule has 15 heavy (non-hydrogen) atoms. The van der Waals surface area contributed by atoms with E-state index < -0.39 is 5.60 Å². The summed E-state index contributed by atoms with van der Waals surface area (Å²) in [7, 11) is 0. The highest BCUT2D eigenvalue weighted by Crippen LogP contribution is 2.26. The van der Waals surface area contributed by atoms with Gasteiger partial charge in [-0.15, -0.1) is 0 Å². The van der Waals surface area contributed by atoms with Gasteiger partial charge in [0.15, 0.2) is 0 Å². The molecule has 0 aromatic carbocycles. The van der Waals surface area contributed by atoms with Crippen LogP contribution in [-0.2, 0) is 0 Å². The third-order valence-corrected chi connectivity index (χ3v) is 3.33. The molecule has 0 aromatic heterocycles. The van der Waals surface area contributed by atoms with E-state index in [1.54, 1.807) is 0 Å². The van der Waals surface area contributed by atoms with Gasteiger partial charge in [-0.3, -0.25) is 0 Å². The zero-order valence-corrected chi connectivity index (χ0v) is 10.1. The Labute approximate surface area is 92.9 Å². The molecule has 3 nitrogen and oxygen atoms in total. The summed E-state index contributed by atoms with van der Waals surface area (Å²) in [6, 6.07) is 0. The Hall–Kier alpha value is -0.120. The summed E-state index contributed by atoms with van der Waals surface area (Å²) in [5, 5.41) is 22.7. The molecule has 3 heteroatoms. The Morgan fingerprint density at radius 3 is 2.13 bits per heavy atom. The van der Waals surface area contributed by atoms with Crippen LogP contribution in [0.4, 0.5) is 0 Å². The summed E-state index contributed by atoms with van der Waals surface area (Å²) in [4.78, 5) is 0. The van der Waals surface area contributed by atoms with Gasteiger partial charge in [-0.25, -0.2) is 0 Å². The normalized spacial score (nSPS) is 22.4. The molecule has 3 N–H and O–H groups in total. The van der Waals surface area contributed by atoms with Crippen molar-refractivity contribution in [1.29, 1.82) is 0 Å². The number of rotatable bonds is 4. The highest BCUT2D eigenvalue weighted by Gasteiger charge is 2.29. The zero-order chi connectivity index (χ0) is 11.4. The van der Waals surface area contributed by atoms with Gasteiger partial charge >= 0.3 is 0 Å². The van der Waals surface area contributed by atoms with Crippen molar-refractivity contribution in [3.63, 3.8) is 0 Å². The molecular formula is C12H25NO2. The first kappa shape index (κ1) is 12.9. The average molecular weight is 215 g/mol. The maximum Gasteiger partial charge on any atom is 0.0771 e. The predicted molar refractivity (Wildman–Crippen MR) is 61.8 cm³/mol. The lowest BCUT2D eigenvalue weighted by Gasteiger charge is -2.32. The van der Waals surface area contributed by atoms with E-state index in [2.05, 4.69) is 5.32 Å². The van der Waals surface area contributed by atoms with Gasteiger partial charge in [-0.2, -0.15) is 0 Å². The lowest BCUT2D eigenvalue weighted by Crippen LogP contribution is -2.50. The second kappa shape index (κ2) is 5.28. The summed E-state index contributed by atoms with van der Waals surface area (Å²) < 4.78 is 0.